The first-order valence-corrected chi connectivity index (χ1v) is 16.0. The molecule has 0 radical (unpaired) electrons. The fraction of sp³-hybridized carbons (Fsp3) is 0.781. The lowest BCUT2D eigenvalue weighted by atomic mass is 9.44. The zero-order valence-corrected chi connectivity index (χ0v) is 23.8. The molecule has 5 heteroatoms. The minimum atomic E-state index is 0.144. The molecule has 0 aromatic carbocycles. The Kier molecular flexibility index (Phi) is 6.69. The molecule has 6 rings (SSSR count). The first-order valence-electron chi connectivity index (χ1n) is 15.1. The molecule has 5 saturated carbocycles. The molecule has 1 N–H and O–H groups in total. The Labute approximate surface area is 226 Å². The summed E-state index contributed by atoms with van der Waals surface area (Å²) in [5.41, 5.74) is 0.293. The maximum Gasteiger partial charge on any atom is 0.220 e. The molecule has 37 heavy (non-hydrogen) atoms. The Morgan fingerprint density at radius 1 is 1.05 bits per heavy atom. The topological polar surface area (TPSA) is 63.2 Å². The summed E-state index contributed by atoms with van der Waals surface area (Å²) >= 11 is 1.76. The number of ketones is 2. The van der Waals surface area contributed by atoms with Crippen molar-refractivity contribution >= 4 is 28.8 Å². The highest BCUT2D eigenvalue weighted by molar-refractivity contribution is 7.10. The van der Waals surface area contributed by atoms with Crippen molar-refractivity contribution in [3.05, 3.63) is 22.4 Å². The van der Waals surface area contributed by atoms with Crippen LogP contribution in [0.4, 0.5) is 0 Å². The molecule has 202 valence electrons. The van der Waals surface area contributed by atoms with Crippen molar-refractivity contribution in [3.63, 3.8) is 0 Å². The molecule has 2 unspecified atom stereocenters. The van der Waals surface area contributed by atoms with Gasteiger partial charge in [-0.15, -0.1) is 11.3 Å². The molecule has 0 saturated heterocycles. The van der Waals surface area contributed by atoms with Crippen LogP contribution in [0.3, 0.4) is 0 Å². The van der Waals surface area contributed by atoms with Gasteiger partial charge in [0.2, 0.25) is 5.91 Å². The highest BCUT2D eigenvalue weighted by Crippen LogP contribution is 2.67. The number of hydrogen-bond acceptors (Lipinski definition) is 4. The standard InChI is InChI=1S/C32H45NO3S/c1-19(16-28(36)33-30(20-6-4-7-20)27-8-5-15-37-27)23-9-10-24-29-25(12-14-32(23,24)3)31(2)13-11-22(34)17-21(31)18-26(29)35/h5,8,15,19-21,23-25,29-30H,4,6-7,9-14,16-18H2,1-3H3,(H,33,36)/t19-,21+,23?,24+,25+,29+,30?,31+,32-/m1/s1. The van der Waals surface area contributed by atoms with E-state index in [9.17, 15) is 14.4 Å². The fourth-order valence-corrected chi connectivity index (χ4v) is 10.9. The van der Waals surface area contributed by atoms with Crippen LogP contribution in [0.2, 0.25) is 0 Å². The van der Waals surface area contributed by atoms with Gasteiger partial charge >= 0.3 is 0 Å². The molecule has 1 aromatic heterocycles. The smallest absolute Gasteiger partial charge is 0.220 e. The predicted octanol–water partition coefficient (Wildman–Crippen LogP) is 7.14. The summed E-state index contributed by atoms with van der Waals surface area (Å²) in [6, 6.07) is 4.44. The number of thiophene rings is 1. The zero-order valence-electron chi connectivity index (χ0n) is 23.0. The van der Waals surface area contributed by atoms with E-state index in [0.717, 1.165) is 25.7 Å². The summed E-state index contributed by atoms with van der Waals surface area (Å²) in [5.74, 6) is 3.73. The normalized spacial score (nSPS) is 41.2. The van der Waals surface area contributed by atoms with E-state index in [1.165, 1.54) is 30.6 Å². The van der Waals surface area contributed by atoms with Crippen LogP contribution in [0.1, 0.15) is 109 Å². The maximum atomic E-state index is 13.6. The maximum absolute atomic E-state index is 13.6. The summed E-state index contributed by atoms with van der Waals surface area (Å²) in [4.78, 5) is 40.5. The summed E-state index contributed by atoms with van der Waals surface area (Å²) in [5, 5.41) is 5.56. The minimum absolute atomic E-state index is 0.144. The number of carbonyl (C=O) groups is 3. The van der Waals surface area contributed by atoms with Gasteiger partial charge in [0.15, 0.2) is 0 Å². The lowest BCUT2D eigenvalue weighted by Crippen LogP contribution is -2.57. The van der Waals surface area contributed by atoms with Crippen LogP contribution < -0.4 is 5.32 Å². The van der Waals surface area contributed by atoms with Gasteiger partial charge in [0.05, 0.1) is 6.04 Å². The van der Waals surface area contributed by atoms with Gasteiger partial charge in [-0.25, -0.2) is 0 Å². The number of fused-ring (bicyclic) bond motifs is 5. The van der Waals surface area contributed by atoms with E-state index in [1.54, 1.807) is 11.3 Å². The average molecular weight is 524 g/mol. The third kappa shape index (κ3) is 4.26. The third-order valence-electron chi connectivity index (χ3n) is 12.3. The number of hydrogen-bond donors (Lipinski definition) is 1. The third-order valence-corrected chi connectivity index (χ3v) is 13.3. The molecule has 1 aromatic rings. The van der Waals surface area contributed by atoms with Gasteiger partial charge in [-0.3, -0.25) is 14.4 Å². The molecule has 9 atom stereocenters. The SMILES string of the molecule is C[C@H](CC(=O)NC(c1cccs1)C1CCC1)C1CC[C@H]2[C@@H]3C(=O)C[C@@H]4CC(=O)CC[C@]4(C)[C@H]3CC[C@]12C. The van der Waals surface area contributed by atoms with Crippen LogP contribution in [0.5, 0.6) is 0 Å². The van der Waals surface area contributed by atoms with Gasteiger partial charge in [-0.2, -0.15) is 0 Å². The van der Waals surface area contributed by atoms with Crippen LogP contribution >= 0.6 is 11.3 Å². The van der Waals surface area contributed by atoms with E-state index in [2.05, 4.69) is 43.6 Å². The van der Waals surface area contributed by atoms with E-state index in [0.29, 0.717) is 66.8 Å². The van der Waals surface area contributed by atoms with Crippen molar-refractivity contribution in [1.82, 2.24) is 5.32 Å². The lowest BCUT2D eigenvalue weighted by Gasteiger charge is -2.59. The predicted molar refractivity (Wildman–Crippen MR) is 147 cm³/mol. The second kappa shape index (κ2) is 9.61. The number of nitrogens with one attached hydrogen (secondary N) is 1. The number of Topliss-reactive ketones (excluding diaryl/α,β-unsaturated/α-hetero) is 2. The molecule has 0 aliphatic heterocycles. The van der Waals surface area contributed by atoms with Crippen LogP contribution in [-0.2, 0) is 14.4 Å². The molecular formula is C32H45NO3S. The van der Waals surface area contributed by atoms with E-state index >= 15 is 0 Å². The van der Waals surface area contributed by atoms with Crippen molar-refractivity contribution in [3.8, 4) is 0 Å². The Morgan fingerprint density at radius 2 is 1.84 bits per heavy atom. The molecule has 5 aliphatic rings. The van der Waals surface area contributed by atoms with Crippen LogP contribution in [0, 0.1) is 52.3 Å². The van der Waals surface area contributed by atoms with E-state index < -0.39 is 0 Å². The first-order chi connectivity index (χ1) is 17.7. The van der Waals surface area contributed by atoms with Crippen molar-refractivity contribution in [1.29, 1.82) is 0 Å². The van der Waals surface area contributed by atoms with Crippen LogP contribution in [0.25, 0.3) is 0 Å². The largest absolute Gasteiger partial charge is 0.348 e. The molecule has 0 bridgehead atoms. The second-order valence-electron chi connectivity index (χ2n) is 14.0. The number of rotatable bonds is 6. The summed E-state index contributed by atoms with van der Waals surface area (Å²) in [6.07, 6.45) is 11.7. The molecule has 1 heterocycles. The van der Waals surface area contributed by atoms with Gasteiger partial charge < -0.3 is 5.32 Å². The van der Waals surface area contributed by atoms with Crippen molar-refractivity contribution < 1.29 is 14.4 Å². The van der Waals surface area contributed by atoms with Gasteiger partial charge in [0.25, 0.3) is 0 Å². The summed E-state index contributed by atoms with van der Waals surface area (Å²) < 4.78 is 0. The average Bonchev–Trinajstić information content (AvgIpc) is 3.46. The van der Waals surface area contributed by atoms with Crippen molar-refractivity contribution in [2.45, 2.75) is 104 Å². The number of carbonyl (C=O) groups excluding carboxylic acids is 3. The van der Waals surface area contributed by atoms with Gasteiger partial charge in [0, 0.05) is 36.5 Å². The quantitative estimate of drug-likeness (QED) is 0.431. The number of amides is 1. The summed E-state index contributed by atoms with van der Waals surface area (Å²) in [6.45, 7) is 7.15. The molecule has 0 spiro atoms. The van der Waals surface area contributed by atoms with Gasteiger partial charge in [-0.1, -0.05) is 33.3 Å². The molecule has 1 amide bonds. The van der Waals surface area contributed by atoms with Crippen LogP contribution in [0.15, 0.2) is 17.5 Å². The van der Waals surface area contributed by atoms with E-state index in [1.807, 2.05) is 0 Å². The lowest BCUT2D eigenvalue weighted by molar-refractivity contribution is -0.159. The van der Waals surface area contributed by atoms with Crippen LogP contribution in [-0.4, -0.2) is 17.5 Å². The Bertz CT molecular complexity index is 1050. The Balaban J connectivity index is 1.15. The zero-order chi connectivity index (χ0) is 25.9. The Morgan fingerprint density at radius 3 is 2.54 bits per heavy atom. The monoisotopic (exact) mass is 523 g/mol. The van der Waals surface area contributed by atoms with Crippen molar-refractivity contribution in [2.75, 3.05) is 0 Å². The molecule has 5 aliphatic carbocycles. The Hall–Kier alpha value is -1.49. The second-order valence-corrected chi connectivity index (χ2v) is 15.0. The highest BCUT2D eigenvalue weighted by Gasteiger charge is 2.63. The first kappa shape index (κ1) is 25.8. The van der Waals surface area contributed by atoms with E-state index in [-0.39, 0.29) is 34.6 Å². The molecule has 4 nitrogen and oxygen atoms in total. The van der Waals surface area contributed by atoms with Gasteiger partial charge in [0.1, 0.15) is 11.6 Å². The molecular weight excluding hydrogens is 478 g/mol. The molecule has 5 fully saturated rings. The minimum Gasteiger partial charge on any atom is -0.348 e. The fourth-order valence-electron chi connectivity index (χ4n) is 10.0. The van der Waals surface area contributed by atoms with Gasteiger partial charge in [-0.05, 0) is 103 Å². The highest BCUT2D eigenvalue weighted by atomic mass is 32.1. The van der Waals surface area contributed by atoms with E-state index in [4.69, 9.17) is 0 Å². The van der Waals surface area contributed by atoms with Crippen molar-refractivity contribution in [2.24, 2.45) is 52.3 Å². The summed E-state index contributed by atoms with van der Waals surface area (Å²) in [7, 11) is 0.